The first-order valence-electron chi connectivity index (χ1n) is 10.3. The van der Waals surface area contributed by atoms with Crippen molar-refractivity contribution in [3.8, 4) is 5.69 Å². The zero-order valence-corrected chi connectivity index (χ0v) is 16.3. The summed E-state index contributed by atoms with van der Waals surface area (Å²) in [6.07, 6.45) is 7.34. The number of para-hydroxylation sites is 1. The minimum atomic E-state index is -0.0276. The number of aryl methyl sites for hydroxylation is 2. The van der Waals surface area contributed by atoms with Gasteiger partial charge in [0.15, 0.2) is 0 Å². The number of rotatable bonds is 5. The first-order chi connectivity index (χ1) is 14.3. The van der Waals surface area contributed by atoms with Gasteiger partial charge in [0.1, 0.15) is 0 Å². The maximum absolute atomic E-state index is 12.6. The highest BCUT2D eigenvalue weighted by Crippen LogP contribution is 2.29. The summed E-state index contributed by atoms with van der Waals surface area (Å²) < 4.78 is 1.86. The molecule has 2 aromatic heterocycles. The molecule has 2 N–H and O–H groups in total. The second-order valence-corrected chi connectivity index (χ2v) is 7.64. The molecule has 0 unspecified atom stereocenters. The molecule has 0 aliphatic heterocycles. The predicted molar refractivity (Wildman–Crippen MR) is 115 cm³/mol. The molecule has 0 fully saturated rings. The molecule has 146 valence electrons. The van der Waals surface area contributed by atoms with Gasteiger partial charge in [0.25, 0.3) is 5.91 Å². The maximum atomic E-state index is 12.6. The van der Waals surface area contributed by atoms with E-state index in [9.17, 15) is 4.79 Å². The fourth-order valence-corrected chi connectivity index (χ4v) is 4.17. The van der Waals surface area contributed by atoms with Gasteiger partial charge in [-0.25, -0.2) is 4.68 Å². The number of aromatic nitrogens is 3. The number of amides is 1. The van der Waals surface area contributed by atoms with Gasteiger partial charge in [-0.3, -0.25) is 4.79 Å². The molecule has 1 amide bonds. The van der Waals surface area contributed by atoms with E-state index in [-0.39, 0.29) is 5.91 Å². The van der Waals surface area contributed by atoms with E-state index in [0.29, 0.717) is 13.0 Å². The molecule has 0 spiro atoms. The normalized spacial score (nSPS) is 13.4. The highest BCUT2D eigenvalue weighted by atomic mass is 16.1. The monoisotopic (exact) mass is 384 g/mol. The van der Waals surface area contributed by atoms with Crippen LogP contribution in [0.4, 0.5) is 0 Å². The van der Waals surface area contributed by atoms with Gasteiger partial charge in [0.2, 0.25) is 0 Å². The lowest BCUT2D eigenvalue weighted by atomic mass is 9.95. The minimum absolute atomic E-state index is 0.0276. The number of nitrogens with one attached hydrogen (secondary N) is 2. The molecule has 0 bridgehead atoms. The molecule has 0 atom stereocenters. The Bertz CT molecular complexity index is 1160. The third kappa shape index (κ3) is 3.56. The molecule has 2 heterocycles. The Morgan fingerprint density at radius 3 is 2.83 bits per heavy atom. The van der Waals surface area contributed by atoms with E-state index < -0.39 is 0 Å². The lowest BCUT2D eigenvalue weighted by Crippen LogP contribution is -2.25. The van der Waals surface area contributed by atoms with Gasteiger partial charge in [0, 0.05) is 41.3 Å². The molecule has 0 saturated heterocycles. The molecule has 5 nitrogen and oxygen atoms in total. The molecule has 5 heteroatoms. The van der Waals surface area contributed by atoms with Crippen LogP contribution < -0.4 is 5.32 Å². The quantitative estimate of drug-likeness (QED) is 0.542. The molecule has 5 rings (SSSR count). The van der Waals surface area contributed by atoms with Gasteiger partial charge in [-0.15, -0.1) is 0 Å². The molecule has 0 saturated carbocycles. The highest BCUT2D eigenvalue weighted by Gasteiger charge is 2.16. The molecule has 0 radical (unpaired) electrons. The number of benzene rings is 2. The second-order valence-electron chi connectivity index (χ2n) is 7.64. The SMILES string of the molecule is O=C(NCCc1ccn(-c2ccccc2)n1)c1ccc2[nH]c3c(c2c1)CCCC3. The topological polar surface area (TPSA) is 62.7 Å². The van der Waals surface area contributed by atoms with E-state index in [1.54, 1.807) is 0 Å². The average Bonchev–Trinajstić information content (AvgIpc) is 3.38. The molecule has 29 heavy (non-hydrogen) atoms. The molecular weight excluding hydrogens is 360 g/mol. The zero-order valence-electron chi connectivity index (χ0n) is 16.3. The van der Waals surface area contributed by atoms with E-state index in [1.165, 1.54) is 29.5 Å². The van der Waals surface area contributed by atoms with Gasteiger partial charge in [-0.1, -0.05) is 18.2 Å². The summed E-state index contributed by atoms with van der Waals surface area (Å²) in [5.41, 5.74) is 6.60. The highest BCUT2D eigenvalue weighted by molar-refractivity contribution is 5.99. The van der Waals surface area contributed by atoms with Crippen molar-refractivity contribution in [2.45, 2.75) is 32.1 Å². The number of nitrogens with zero attached hydrogens (tertiary/aromatic N) is 2. The van der Waals surface area contributed by atoms with Crippen LogP contribution in [0.2, 0.25) is 0 Å². The van der Waals surface area contributed by atoms with Crippen molar-refractivity contribution in [2.24, 2.45) is 0 Å². The van der Waals surface area contributed by atoms with Crippen molar-refractivity contribution >= 4 is 16.8 Å². The third-order valence-electron chi connectivity index (χ3n) is 5.69. The van der Waals surface area contributed by atoms with Crippen molar-refractivity contribution < 1.29 is 4.79 Å². The molecule has 1 aliphatic rings. The summed E-state index contributed by atoms with van der Waals surface area (Å²) in [5.74, 6) is -0.0276. The summed E-state index contributed by atoms with van der Waals surface area (Å²) in [4.78, 5) is 16.2. The Kier molecular flexibility index (Phi) is 4.64. The summed E-state index contributed by atoms with van der Waals surface area (Å²) in [7, 11) is 0. The number of aromatic amines is 1. The van der Waals surface area contributed by atoms with E-state index in [4.69, 9.17) is 0 Å². The lowest BCUT2D eigenvalue weighted by Gasteiger charge is -2.10. The maximum Gasteiger partial charge on any atom is 0.251 e. The first-order valence-corrected chi connectivity index (χ1v) is 10.3. The van der Waals surface area contributed by atoms with Crippen LogP contribution in [0.1, 0.15) is 40.2 Å². The number of fused-ring (bicyclic) bond motifs is 3. The van der Waals surface area contributed by atoms with E-state index in [1.807, 2.05) is 65.5 Å². The summed E-state index contributed by atoms with van der Waals surface area (Å²) >= 11 is 0. The van der Waals surface area contributed by atoms with Crippen LogP contribution in [-0.2, 0) is 19.3 Å². The van der Waals surface area contributed by atoms with Crippen LogP contribution >= 0.6 is 0 Å². The van der Waals surface area contributed by atoms with Crippen LogP contribution in [0.25, 0.3) is 16.6 Å². The first kappa shape index (κ1) is 17.7. The van der Waals surface area contributed by atoms with E-state index >= 15 is 0 Å². The van der Waals surface area contributed by atoms with E-state index in [2.05, 4.69) is 15.4 Å². The van der Waals surface area contributed by atoms with Gasteiger partial charge in [0.05, 0.1) is 11.4 Å². The third-order valence-corrected chi connectivity index (χ3v) is 5.69. The minimum Gasteiger partial charge on any atom is -0.358 e. The molecular formula is C24H24N4O. The second kappa shape index (κ2) is 7.59. The zero-order chi connectivity index (χ0) is 19.6. The molecule has 2 aromatic carbocycles. The summed E-state index contributed by atoms with van der Waals surface area (Å²) in [5, 5.41) is 8.83. The Hall–Kier alpha value is -3.34. The smallest absolute Gasteiger partial charge is 0.251 e. The van der Waals surface area contributed by atoms with Gasteiger partial charge >= 0.3 is 0 Å². The van der Waals surface area contributed by atoms with Crippen molar-refractivity contribution in [3.63, 3.8) is 0 Å². The summed E-state index contributed by atoms with van der Waals surface area (Å²) in [6, 6.07) is 18.0. The van der Waals surface area contributed by atoms with Crippen LogP contribution in [0.5, 0.6) is 0 Å². The fourth-order valence-electron chi connectivity index (χ4n) is 4.17. The van der Waals surface area contributed by atoms with Gasteiger partial charge in [-0.2, -0.15) is 5.10 Å². The molecule has 1 aliphatic carbocycles. The standard InChI is InChI=1S/C24H24N4O/c29-24(17-10-11-23-21(16-17)20-8-4-5-9-22(20)26-23)25-14-12-18-13-15-28(27-18)19-6-2-1-3-7-19/h1-3,6-7,10-11,13,15-16,26H,4-5,8-9,12,14H2,(H,25,29). The van der Waals surface area contributed by atoms with Gasteiger partial charge in [-0.05, 0) is 67.6 Å². The van der Waals surface area contributed by atoms with E-state index in [0.717, 1.165) is 35.3 Å². The number of carbonyl (C=O) groups excluding carboxylic acids is 1. The van der Waals surface area contributed by atoms with Crippen molar-refractivity contribution in [3.05, 3.63) is 83.3 Å². The lowest BCUT2D eigenvalue weighted by molar-refractivity contribution is 0.0954. The Balaban J connectivity index is 1.24. The predicted octanol–water partition coefficient (Wildman–Crippen LogP) is 4.20. The largest absolute Gasteiger partial charge is 0.358 e. The Labute approximate surface area is 169 Å². The fraction of sp³-hybridized carbons (Fsp3) is 0.250. The van der Waals surface area contributed by atoms with Crippen molar-refractivity contribution in [1.82, 2.24) is 20.1 Å². The van der Waals surface area contributed by atoms with Crippen molar-refractivity contribution in [2.75, 3.05) is 6.54 Å². The Morgan fingerprint density at radius 1 is 1.07 bits per heavy atom. The molecule has 4 aromatic rings. The number of hydrogen-bond acceptors (Lipinski definition) is 2. The number of carbonyl (C=O) groups is 1. The number of H-pyrrole nitrogens is 1. The van der Waals surface area contributed by atoms with Crippen LogP contribution in [-0.4, -0.2) is 27.2 Å². The van der Waals surface area contributed by atoms with Crippen LogP contribution in [0.3, 0.4) is 0 Å². The Morgan fingerprint density at radius 2 is 1.93 bits per heavy atom. The van der Waals surface area contributed by atoms with Crippen LogP contribution in [0, 0.1) is 0 Å². The number of hydrogen-bond donors (Lipinski definition) is 2. The summed E-state index contributed by atoms with van der Waals surface area (Å²) in [6.45, 7) is 0.563. The van der Waals surface area contributed by atoms with Gasteiger partial charge < -0.3 is 10.3 Å². The van der Waals surface area contributed by atoms with Crippen molar-refractivity contribution in [1.29, 1.82) is 0 Å². The van der Waals surface area contributed by atoms with Crippen LogP contribution in [0.15, 0.2) is 60.8 Å². The average molecular weight is 384 g/mol.